The van der Waals surface area contributed by atoms with Gasteiger partial charge in [-0.25, -0.2) is 0 Å². The Morgan fingerprint density at radius 3 is 2.48 bits per heavy atom. The Kier molecular flexibility index (Phi) is 5.52. The first-order chi connectivity index (χ1) is 10.2. The number of amides is 1. The van der Waals surface area contributed by atoms with Crippen molar-refractivity contribution in [3.05, 3.63) is 71.3 Å². The summed E-state index contributed by atoms with van der Waals surface area (Å²) < 4.78 is 0. The summed E-state index contributed by atoms with van der Waals surface area (Å²) in [4.78, 5) is 12.0. The summed E-state index contributed by atoms with van der Waals surface area (Å²) in [6, 6.07) is 17.7. The molecule has 0 fully saturated rings. The minimum absolute atomic E-state index is 0.0887. The van der Waals surface area contributed by atoms with Crippen LogP contribution in [-0.2, 0) is 17.8 Å². The van der Waals surface area contributed by atoms with Crippen molar-refractivity contribution in [3.8, 4) is 0 Å². The van der Waals surface area contributed by atoms with E-state index in [-0.39, 0.29) is 5.91 Å². The van der Waals surface area contributed by atoms with Crippen LogP contribution in [0.25, 0.3) is 0 Å². The zero-order valence-electron chi connectivity index (χ0n) is 12.4. The van der Waals surface area contributed by atoms with E-state index >= 15 is 0 Å². The van der Waals surface area contributed by atoms with Crippen LogP contribution in [0.3, 0.4) is 0 Å². The number of hydrogen-bond donors (Lipinski definition) is 2. The van der Waals surface area contributed by atoms with Crippen LogP contribution in [0.4, 0.5) is 0 Å². The van der Waals surface area contributed by atoms with Crippen LogP contribution < -0.4 is 11.1 Å². The van der Waals surface area contributed by atoms with Gasteiger partial charge in [-0.2, -0.15) is 0 Å². The van der Waals surface area contributed by atoms with E-state index < -0.39 is 6.04 Å². The van der Waals surface area contributed by atoms with Gasteiger partial charge in [0, 0.05) is 6.54 Å². The lowest BCUT2D eigenvalue weighted by Gasteiger charge is -2.13. The fourth-order valence-electron chi connectivity index (χ4n) is 2.22. The van der Waals surface area contributed by atoms with Gasteiger partial charge in [-0.15, -0.1) is 0 Å². The van der Waals surface area contributed by atoms with Gasteiger partial charge in [0.15, 0.2) is 0 Å². The Morgan fingerprint density at radius 1 is 1.10 bits per heavy atom. The number of carbonyl (C=O) groups excluding carboxylic acids is 1. The highest BCUT2D eigenvalue weighted by molar-refractivity contribution is 5.81. The Bertz CT molecular complexity index is 581. The molecule has 110 valence electrons. The largest absolute Gasteiger partial charge is 0.351 e. The van der Waals surface area contributed by atoms with Crippen LogP contribution in [0, 0.1) is 6.92 Å². The summed E-state index contributed by atoms with van der Waals surface area (Å²) in [6.45, 7) is 2.57. The molecule has 1 amide bonds. The van der Waals surface area contributed by atoms with Gasteiger partial charge in [0.05, 0.1) is 6.04 Å². The fourth-order valence-corrected chi connectivity index (χ4v) is 2.22. The van der Waals surface area contributed by atoms with E-state index in [4.69, 9.17) is 5.73 Å². The molecule has 2 rings (SSSR count). The first kappa shape index (κ1) is 15.3. The number of benzene rings is 2. The Balaban J connectivity index is 1.79. The number of nitrogens with one attached hydrogen (secondary N) is 1. The third kappa shape index (κ3) is 4.72. The summed E-state index contributed by atoms with van der Waals surface area (Å²) >= 11 is 0. The topological polar surface area (TPSA) is 55.1 Å². The predicted octanol–water partition coefficient (Wildman–Crippen LogP) is 2.57. The molecule has 0 aliphatic rings. The minimum Gasteiger partial charge on any atom is -0.351 e. The summed E-state index contributed by atoms with van der Waals surface area (Å²) in [5, 5.41) is 2.91. The number of hydrogen-bond acceptors (Lipinski definition) is 2. The number of rotatable bonds is 6. The highest BCUT2D eigenvalue weighted by Crippen LogP contribution is 2.07. The van der Waals surface area contributed by atoms with Crippen molar-refractivity contribution >= 4 is 5.91 Å². The van der Waals surface area contributed by atoms with Gasteiger partial charge in [-0.3, -0.25) is 4.79 Å². The van der Waals surface area contributed by atoms with E-state index in [0.29, 0.717) is 13.0 Å². The second-order valence-electron chi connectivity index (χ2n) is 5.28. The molecule has 3 heteroatoms. The summed E-state index contributed by atoms with van der Waals surface area (Å²) in [7, 11) is 0. The van der Waals surface area contributed by atoms with Crippen molar-refractivity contribution in [2.45, 2.75) is 32.4 Å². The molecule has 0 aliphatic carbocycles. The van der Waals surface area contributed by atoms with E-state index in [0.717, 1.165) is 12.0 Å². The predicted molar refractivity (Wildman–Crippen MR) is 85.8 cm³/mol. The smallest absolute Gasteiger partial charge is 0.237 e. The quantitative estimate of drug-likeness (QED) is 0.855. The van der Waals surface area contributed by atoms with Gasteiger partial charge in [-0.1, -0.05) is 54.6 Å². The number of nitrogens with two attached hydrogens (primary N) is 1. The molecule has 0 saturated heterocycles. The highest BCUT2D eigenvalue weighted by Gasteiger charge is 2.13. The first-order valence-electron chi connectivity index (χ1n) is 7.28. The Labute approximate surface area is 126 Å². The lowest BCUT2D eigenvalue weighted by atomic mass is 10.0. The van der Waals surface area contributed by atoms with Gasteiger partial charge < -0.3 is 11.1 Å². The van der Waals surface area contributed by atoms with Gasteiger partial charge in [0.2, 0.25) is 5.91 Å². The molecule has 0 radical (unpaired) electrons. The minimum atomic E-state index is -0.464. The normalized spacial score (nSPS) is 11.9. The number of aryl methyl sites for hydroxylation is 2. The maximum absolute atomic E-state index is 12.0. The monoisotopic (exact) mass is 282 g/mol. The lowest BCUT2D eigenvalue weighted by molar-refractivity contribution is -0.122. The zero-order chi connectivity index (χ0) is 15.1. The van der Waals surface area contributed by atoms with Gasteiger partial charge in [0.1, 0.15) is 0 Å². The second kappa shape index (κ2) is 7.60. The van der Waals surface area contributed by atoms with Crippen molar-refractivity contribution in [2.24, 2.45) is 5.73 Å². The molecule has 0 aromatic heterocycles. The maximum Gasteiger partial charge on any atom is 0.237 e. The molecular weight excluding hydrogens is 260 g/mol. The van der Waals surface area contributed by atoms with E-state index in [9.17, 15) is 4.79 Å². The first-order valence-corrected chi connectivity index (χ1v) is 7.28. The fraction of sp³-hybridized carbons (Fsp3) is 0.278. The van der Waals surface area contributed by atoms with Crippen molar-refractivity contribution in [1.82, 2.24) is 5.32 Å². The molecular formula is C18H22N2O. The number of carbonyl (C=O) groups is 1. The summed E-state index contributed by atoms with van der Waals surface area (Å²) in [5.74, 6) is -0.0887. The highest BCUT2D eigenvalue weighted by atomic mass is 16.2. The molecule has 1 atom stereocenters. The standard InChI is InChI=1S/C18H22N2O/c1-14-7-5-6-10-16(14)13-20-18(21)17(19)12-11-15-8-3-2-4-9-15/h2-10,17H,11-13,19H2,1H3,(H,20,21)/t17-/m0/s1. The second-order valence-corrected chi connectivity index (χ2v) is 5.28. The molecule has 3 nitrogen and oxygen atoms in total. The van der Waals surface area contributed by atoms with E-state index in [1.165, 1.54) is 11.1 Å². The molecule has 21 heavy (non-hydrogen) atoms. The SMILES string of the molecule is Cc1ccccc1CNC(=O)[C@@H](N)CCc1ccccc1. The molecule has 0 bridgehead atoms. The van der Waals surface area contributed by atoms with Crippen LogP contribution in [0.15, 0.2) is 54.6 Å². The van der Waals surface area contributed by atoms with Crippen molar-refractivity contribution < 1.29 is 4.79 Å². The maximum atomic E-state index is 12.0. The summed E-state index contributed by atoms with van der Waals surface area (Å²) in [6.07, 6.45) is 1.48. The van der Waals surface area contributed by atoms with Crippen LogP contribution >= 0.6 is 0 Å². The molecule has 0 unspecified atom stereocenters. The van der Waals surface area contributed by atoms with Gasteiger partial charge in [-0.05, 0) is 36.5 Å². The molecule has 2 aromatic rings. The third-order valence-electron chi connectivity index (χ3n) is 3.64. The van der Waals surface area contributed by atoms with Crippen LogP contribution in [0.2, 0.25) is 0 Å². The Morgan fingerprint density at radius 2 is 1.76 bits per heavy atom. The molecule has 0 spiro atoms. The molecule has 0 saturated carbocycles. The average molecular weight is 282 g/mol. The summed E-state index contributed by atoms with van der Waals surface area (Å²) in [5.41, 5.74) is 9.47. The van der Waals surface area contributed by atoms with Crippen molar-refractivity contribution in [2.75, 3.05) is 0 Å². The average Bonchev–Trinajstić information content (AvgIpc) is 2.52. The van der Waals surface area contributed by atoms with Gasteiger partial charge in [0.25, 0.3) is 0 Å². The van der Waals surface area contributed by atoms with Crippen molar-refractivity contribution in [3.63, 3.8) is 0 Å². The van der Waals surface area contributed by atoms with E-state index in [1.807, 2.05) is 49.4 Å². The van der Waals surface area contributed by atoms with Crippen LogP contribution in [0.1, 0.15) is 23.1 Å². The van der Waals surface area contributed by atoms with Crippen LogP contribution in [0.5, 0.6) is 0 Å². The molecule has 0 aliphatic heterocycles. The Hall–Kier alpha value is -2.13. The van der Waals surface area contributed by atoms with Gasteiger partial charge >= 0.3 is 0 Å². The van der Waals surface area contributed by atoms with Crippen LogP contribution in [-0.4, -0.2) is 11.9 Å². The lowest BCUT2D eigenvalue weighted by Crippen LogP contribution is -2.40. The van der Waals surface area contributed by atoms with E-state index in [1.54, 1.807) is 0 Å². The molecule has 3 N–H and O–H groups in total. The zero-order valence-corrected chi connectivity index (χ0v) is 12.4. The third-order valence-corrected chi connectivity index (χ3v) is 3.64. The van der Waals surface area contributed by atoms with Crippen molar-refractivity contribution in [1.29, 1.82) is 0 Å². The molecule has 0 heterocycles. The van der Waals surface area contributed by atoms with E-state index in [2.05, 4.69) is 17.4 Å². The molecule has 2 aromatic carbocycles.